The molecule has 0 aliphatic rings. The summed E-state index contributed by atoms with van der Waals surface area (Å²) in [5.41, 5.74) is 0.330. The van der Waals surface area contributed by atoms with Crippen LogP contribution in [0, 0.1) is 0 Å². The maximum atomic E-state index is 12.6. The zero-order valence-electron chi connectivity index (χ0n) is 12.0. The van der Waals surface area contributed by atoms with Gasteiger partial charge in [0.2, 0.25) is 0 Å². The molecule has 0 fully saturated rings. The zero-order chi connectivity index (χ0) is 15.9. The number of aromatic nitrogens is 5. The van der Waals surface area contributed by atoms with Gasteiger partial charge in [-0.2, -0.15) is 5.10 Å². The molecule has 3 rings (SSSR count). The molecule has 114 valence electrons. The molecule has 0 aromatic carbocycles. The predicted molar refractivity (Wildman–Crippen MR) is 82.7 cm³/mol. The van der Waals surface area contributed by atoms with Crippen molar-refractivity contribution < 1.29 is 5.11 Å². The average molecular weight is 320 g/mol. The fourth-order valence-electron chi connectivity index (χ4n) is 2.25. The van der Waals surface area contributed by atoms with Gasteiger partial charge in [-0.15, -0.1) is 0 Å². The van der Waals surface area contributed by atoms with Crippen molar-refractivity contribution in [2.24, 2.45) is 0 Å². The third-order valence-electron chi connectivity index (χ3n) is 3.11. The number of hydrogen-bond donors (Lipinski definition) is 2. The SMILES string of the molecule is CC(C)(O)Cn1cnc2c(-c3cn[nH]c3)nc(Cl)cc2c1=O. The molecule has 3 aromatic rings. The van der Waals surface area contributed by atoms with Crippen LogP contribution >= 0.6 is 11.6 Å². The molecule has 3 aromatic heterocycles. The Morgan fingerprint density at radius 3 is 2.86 bits per heavy atom. The molecule has 3 heterocycles. The molecule has 0 unspecified atom stereocenters. The minimum absolute atomic E-state index is 0.135. The molecule has 0 bridgehead atoms. The largest absolute Gasteiger partial charge is 0.389 e. The minimum Gasteiger partial charge on any atom is -0.389 e. The van der Waals surface area contributed by atoms with Crippen LogP contribution in [-0.4, -0.2) is 35.4 Å². The van der Waals surface area contributed by atoms with Gasteiger partial charge in [-0.3, -0.25) is 14.5 Å². The Bertz CT molecular complexity index is 881. The van der Waals surface area contributed by atoms with Crippen molar-refractivity contribution in [3.8, 4) is 11.3 Å². The van der Waals surface area contributed by atoms with Gasteiger partial charge in [-0.1, -0.05) is 11.6 Å². The highest BCUT2D eigenvalue weighted by molar-refractivity contribution is 6.30. The number of halogens is 1. The second-order valence-electron chi connectivity index (χ2n) is 5.67. The van der Waals surface area contributed by atoms with E-state index in [0.717, 1.165) is 0 Å². The summed E-state index contributed by atoms with van der Waals surface area (Å²) in [7, 11) is 0. The number of rotatable bonds is 3. The number of fused-ring (bicyclic) bond motifs is 1. The third-order valence-corrected chi connectivity index (χ3v) is 3.30. The molecular weight excluding hydrogens is 306 g/mol. The van der Waals surface area contributed by atoms with E-state index in [1.54, 1.807) is 26.2 Å². The Kier molecular flexibility index (Phi) is 3.46. The van der Waals surface area contributed by atoms with E-state index in [1.165, 1.54) is 17.0 Å². The molecule has 0 radical (unpaired) electrons. The van der Waals surface area contributed by atoms with Crippen molar-refractivity contribution in [3.63, 3.8) is 0 Å². The van der Waals surface area contributed by atoms with Gasteiger partial charge in [0.15, 0.2) is 0 Å². The highest BCUT2D eigenvalue weighted by atomic mass is 35.5. The van der Waals surface area contributed by atoms with E-state index in [4.69, 9.17) is 11.6 Å². The van der Waals surface area contributed by atoms with E-state index < -0.39 is 5.60 Å². The topological polar surface area (TPSA) is 96.7 Å². The number of aliphatic hydroxyl groups is 1. The molecule has 0 saturated carbocycles. The Morgan fingerprint density at radius 1 is 1.45 bits per heavy atom. The van der Waals surface area contributed by atoms with Gasteiger partial charge in [-0.25, -0.2) is 9.97 Å². The van der Waals surface area contributed by atoms with E-state index in [1.807, 2.05) is 0 Å². The van der Waals surface area contributed by atoms with Gasteiger partial charge < -0.3 is 5.11 Å². The van der Waals surface area contributed by atoms with Gasteiger partial charge in [-0.05, 0) is 19.9 Å². The van der Waals surface area contributed by atoms with Crippen LogP contribution < -0.4 is 5.56 Å². The minimum atomic E-state index is -1.02. The first-order valence-corrected chi connectivity index (χ1v) is 7.00. The van der Waals surface area contributed by atoms with Crippen molar-refractivity contribution in [3.05, 3.63) is 40.3 Å². The number of hydrogen-bond acceptors (Lipinski definition) is 5. The summed E-state index contributed by atoms with van der Waals surface area (Å²) in [4.78, 5) is 21.1. The zero-order valence-corrected chi connectivity index (χ0v) is 12.8. The third kappa shape index (κ3) is 2.72. The van der Waals surface area contributed by atoms with E-state index in [2.05, 4.69) is 20.2 Å². The summed E-state index contributed by atoms with van der Waals surface area (Å²) in [6, 6.07) is 1.48. The molecule has 0 atom stereocenters. The smallest absolute Gasteiger partial charge is 0.261 e. The van der Waals surface area contributed by atoms with Crippen LogP contribution in [0.5, 0.6) is 0 Å². The first kappa shape index (κ1) is 14.7. The standard InChI is InChI=1S/C14H14ClN5O2/c1-14(2,22)6-20-7-16-12-9(13(20)21)3-10(15)19-11(12)8-4-17-18-5-8/h3-5,7,22H,6H2,1-2H3,(H,17,18). The summed E-state index contributed by atoms with van der Waals surface area (Å²) < 4.78 is 1.36. The van der Waals surface area contributed by atoms with Crippen molar-refractivity contribution in [2.75, 3.05) is 0 Å². The molecule has 0 saturated heterocycles. The molecule has 0 spiro atoms. The predicted octanol–water partition coefficient (Wildman–Crippen LogP) is 1.61. The molecule has 0 aliphatic carbocycles. The van der Waals surface area contributed by atoms with Crippen LogP contribution in [0.4, 0.5) is 0 Å². The lowest BCUT2D eigenvalue weighted by Crippen LogP contribution is -2.32. The highest BCUT2D eigenvalue weighted by Crippen LogP contribution is 2.25. The van der Waals surface area contributed by atoms with Crippen LogP contribution in [0.1, 0.15) is 13.8 Å². The van der Waals surface area contributed by atoms with Gasteiger partial charge in [0.05, 0.1) is 30.1 Å². The van der Waals surface area contributed by atoms with Crippen LogP contribution in [-0.2, 0) is 6.54 Å². The lowest BCUT2D eigenvalue weighted by Gasteiger charge is -2.18. The first-order valence-electron chi connectivity index (χ1n) is 6.62. The monoisotopic (exact) mass is 319 g/mol. The Labute approximate surface area is 130 Å². The van der Waals surface area contributed by atoms with Crippen molar-refractivity contribution in [1.82, 2.24) is 24.7 Å². The summed E-state index contributed by atoms with van der Waals surface area (Å²) in [5.74, 6) is 0. The quantitative estimate of drug-likeness (QED) is 0.715. The van der Waals surface area contributed by atoms with Crippen LogP contribution in [0.25, 0.3) is 22.2 Å². The fraction of sp³-hybridized carbons (Fsp3) is 0.286. The van der Waals surface area contributed by atoms with Gasteiger partial charge in [0.25, 0.3) is 5.56 Å². The van der Waals surface area contributed by atoms with E-state index in [-0.39, 0.29) is 17.3 Å². The normalized spacial score (nSPS) is 12.0. The Hall–Kier alpha value is -2.25. The highest BCUT2D eigenvalue weighted by Gasteiger charge is 2.18. The van der Waals surface area contributed by atoms with Crippen molar-refractivity contribution in [1.29, 1.82) is 0 Å². The number of nitrogens with one attached hydrogen (secondary N) is 1. The molecule has 0 amide bonds. The lowest BCUT2D eigenvalue weighted by atomic mass is 10.1. The van der Waals surface area contributed by atoms with Crippen LogP contribution in [0.2, 0.25) is 5.15 Å². The molecule has 22 heavy (non-hydrogen) atoms. The molecule has 7 nitrogen and oxygen atoms in total. The number of aromatic amines is 1. The first-order chi connectivity index (χ1) is 10.3. The maximum absolute atomic E-state index is 12.6. The second-order valence-corrected chi connectivity index (χ2v) is 6.05. The van der Waals surface area contributed by atoms with E-state index in [9.17, 15) is 9.90 Å². The molecular formula is C14H14ClN5O2. The number of pyridine rings is 1. The number of nitrogens with zero attached hydrogens (tertiary/aromatic N) is 4. The summed E-state index contributed by atoms with van der Waals surface area (Å²) in [6.45, 7) is 3.38. The molecule has 0 aliphatic heterocycles. The average Bonchev–Trinajstić information content (AvgIpc) is 2.94. The van der Waals surface area contributed by atoms with E-state index in [0.29, 0.717) is 22.2 Å². The number of H-pyrrole nitrogens is 1. The fourth-order valence-corrected chi connectivity index (χ4v) is 2.44. The molecule has 8 heteroatoms. The summed E-state index contributed by atoms with van der Waals surface area (Å²) >= 11 is 6.03. The lowest BCUT2D eigenvalue weighted by molar-refractivity contribution is 0.0603. The van der Waals surface area contributed by atoms with Gasteiger partial charge in [0, 0.05) is 11.8 Å². The molecule has 2 N–H and O–H groups in total. The van der Waals surface area contributed by atoms with Crippen LogP contribution in [0.15, 0.2) is 29.6 Å². The van der Waals surface area contributed by atoms with Crippen LogP contribution in [0.3, 0.4) is 0 Å². The Balaban J connectivity index is 2.26. The second kappa shape index (κ2) is 5.19. The van der Waals surface area contributed by atoms with Gasteiger partial charge in [0.1, 0.15) is 16.4 Å². The van der Waals surface area contributed by atoms with Crippen molar-refractivity contribution >= 4 is 22.5 Å². The summed E-state index contributed by atoms with van der Waals surface area (Å²) in [5, 5.41) is 17.0. The maximum Gasteiger partial charge on any atom is 0.261 e. The van der Waals surface area contributed by atoms with Crippen molar-refractivity contribution in [2.45, 2.75) is 26.0 Å². The van der Waals surface area contributed by atoms with Gasteiger partial charge >= 0.3 is 0 Å². The van der Waals surface area contributed by atoms with E-state index >= 15 is 0 Å². The summed E-state index contributed by atoms with van der Waals surface area (Å²) in [6.07, 6.45) is 4.64. The Morgan fingerprint density at radius 2 is 2.23 bits per heavy atom.